The van der Waals surface area contributed by atoms with Crippen molar-refractivity contribution >= 4 is 5.97 Å². The topological polar surface area (TPSA) is 66.8 Å². The van der Waals surface area contributed by atoms with Gasteiger partial charge in [-0.1, -0.05) is 44.4 Å². The lowest BCUT2D eigenvalue weighted by Crippen LogP contribution is -2.46. The number of ether oxygens (including phenoxy) is 1. The molecule has 0 radical (unpaired) electrons. The van der Waals surface area contributed by atoms with Gasteiger partial charge in [-0.25, -0.2) is 4.79 Å². The number of hydrogen-bond donors (Lipinski definition) is 2. The minimum Gasteiger partial charge on any atom is -0.429 e. The van der Waals surface area contributed by atoms with Gasteiger partial charge >= 0.3 is 5.97 Å². The molecule has 4 nitrogen and oxygen atoms in total. The highest BCUT2D eigenvalue weighted by Crippen LogP contribution is 2.59. The SMILES string of the molecule is C=C(C)CCC[C@]1(C)CCC[C@@H]2C1=CC[C@@H](C)[C@]2(C)C[C@H](O)C1=CC(=O)O[C@H]1O. The zero-order valence-electron chi connectivity index (χ0n) is 18.5. The van der Waals surface area contributed by atoms with E-state index in [1.165, 1.54) is 37.3 Å². The molecule has 2 aliphatic carbocycles. The molecule has 0 bridgehead atoms. The summed E-state index contributed by atoms with van der Waals surface area (Å²) in [7, 11) is 0. The molecule has 0 spiro atoms. The van der Waals surface area contributed by atoms with E-state index in [0.717, 1.165) is 19.3 Å². The number of esters is 1. The Labute approximate surface area is 175 Å². The molecule has 1 aliphatic heterocycles. The van der Waals surface area contributed by atoms with Crippen LogP contribution in [-0.2, 0) is 9.53 Å². The Morgan fingerprint density at radius 3 is 2.76 bits per heavy atom. The monoisotopic (exact) mass is 402 g/mol. The molecule has 0 aromatic heterocycles. The van der Waals surface area contributed by atoms with Crippen LogP contribution < -0.4 is 0 Å². The molecule has 1 heterocycles. The second kappa shape index (κ2) is 8.39. The number of aliphatic hydroxyl groups is 2. The van der Waals surface area contributed by atoms with Gasteiger partial charge in [0, 0.05) is 11.6 Å². The standard InChI is InChI=1S/C25H38O4/c1-16(2)8-6-12-24(4)13-7-9-20-19(24)11-10-17(3)25(20,5)15-21(26)18-14-22(27)29-23(18)28/h11,14,17,20-21,23,26,28H,1,6-10,12-13,15H2,2-5H3/t17-,20-,21+,23-,24-,25+/m1/s1. The van der Waals surface area contributed by atoms with Crippen molar-refractivity contribution in [2.24, 2.45) is 22.7 Å². The first-order valence-electron chi connectivity index (χ1n) is 11.2. The van der Waals surface area contributed by atoms with E-state index < -0.39 is 18.4 Å². The van der Waals surface area contributed by atoms with Crippen LogP contribution in [0.2, 0.25) is 0 Å². The average molecular weight is 403 g/mol. The molecular weight excluding hydrogens is 364 g/mol. The first kappa shape index (κ1) is 22.3. The first-order valence-corrected chi connectivity index (χ1v) is 11.2. The predicted octanol–water partition coefficient (Wildman–Crippen LogP) is 5.06. The minimum absolute atomic E-state index is 0.0776. The Balaban J connectivity index is 1.81. The lowest BCUT2D eigenvalue weighted by atomic mass is 9.50. The molecule has 0 amide bonds. The van der Waals surface area contributed by atoms with E-state index in [9.17, 15) is 15.0 Å². The van der Waals surface area contributed by atoms with Crippen molar-refractivity contribution in [3.63, 3.8) is 0 Å². The second-order valence-electron chi connectivity index (χ2n) is 10.3. The number of fused-ring (bicyclic) bond motifs is 1. The van der Waals surface area contributed by atoms with Crippen molar-refractivity contribution in [1.82, 2.24) is 0 Å². The van der Waals surface area contributed by atoms with Crippen LogP contribution in [0.3, 0.4) is 0 Å². The van der Waals surface area contributed by atoms with Gasteiger partial charge in [0.05, 0.1) is 6.10 Å². The molecule has 2 N–H and O–H groups in total. The van der Waals surface area contributed by atoms with Crippen LogP contribution in [0.1, 0.15) is 79.1 Å². The van der Waals surface area contributed by atoms with Crippen molar-refractivity contribution < 1.29 is 19.7 Å². The molecule has 6 atom stereocenters. The largest absolute Gasteiger partial charge is 0.429 e. The number of cyclic esters (lactones) is 1. The summed E-state index contributed by atoms with van der Waals surface area (Å²) in [6.07, 6.45) is 10.1. The van der Waals surface area contributed by atoms with E-state index in [-0.39, 0.29) is 10.8 Å². The molecule has 3 aliphatic rings. The fourth-order valence-corrected chi connectivity index (χ4v) is 6.01. The lowest BCUT2D eigenvalue weighted by Gasteiger charge is -2.54. The molecule has 0 saturated heterocycles. The van der Waals surface area contributed by atoms with Crippen molar-refractivity contribution in [2.45, 2.75) is 91.5 Å². The van der Waals surface area contributed by atoms with Gasteiger partial charge < -0.3 is 14.9 Å². The number of carbonyl (C=O) groups is 1. The second-order valence-corrected chi connectivity index (χ2v) is 10.3. The zero-order valence-corrected chi connectivity index (χ0v) is 18.5. The summed E-state index contributed by atoms with van der Waals surface area (Å²) >= 11 is 0. The van der Waals surface area contributed by atoms with Crippen molar-refractivity contribution in [3.05, 3.63) is 35.5 Å². The van der Waals surface area contributed by atoms with Crippen molar-refractivity contribution in [3.8, 4) is 0 Å². The summed E-state index contributed by atoms with van der Waals surface area (Å²) in [5.74, 6) is 0.288. The summed E-state index contributed by atoms with van der Waals surface area (Å²) < 4.78 is 4.79. The van der Waals surface area contributed by atoms with Crippen LogP contribution in [-0.4, -0.2) is 28.6 Å². The smallest absolute Gasteiger partial charge is 0.333 e. The van der Waals surface area contributed by atoms with Crippen LogP contribution in [0, 0.1) is 22.7 Å². The number of hydrogen-bond acceptors (Lipinski definition) is 4. The van der Waals surface area contributed by atoms with Gasteiger partial charge in [0.1, 0.15) is 0 Å². The number of rotatable bonds is 7. The van der Waals surface area contributed by atoms with Gasteiger partial charge in [0.25, 0.3) is 0 Å². The van der Waals surface area contributed by atoms with Gasteiger partial charge in [-0.3, -0.25) is 0 Å². The number of allylic oxidation sites excluding steroid dienone is 3. The van der Waals surface area contributed by atoms with Gasteiger partial charge in [-0.15, -0.1) is 6.58 Å². The number of aliphatic hydroxyl groups excluding tert-OH is 2. The Kier molecular flexibility index (Phi) is 6.45. The highest BCUT2D eigenvalue weighted by molar-refractivity contribution is 5.85. The van der Waals surface area contributed by atoms with Gasteiger partial charge in [-0.05, 0) is 74.5 Å². The molecule has 0 aromatic carbocycles. The quantitative estimate of drug-likeness (QED) is 0.461. The van der Waals surface area contributed by atoms with E-state index in [1.54, 1.807) is 5.57 Å². The molecule has 0 unspecified atom stereocenters. The molecule has 0 aromatic rings. The van der Waals surface area contributed by atoms with Gasteiger partial charge in [-0.2, -0.15) is 0 Å². The Morgan fingerprint density at radius 2 is 2.14 bits per heavy atom. The average Bonchev–Trinajstić information content (AvgIpc) is 2.97. The Hall–Kier alpha value is -1.39. The highest BCUT2D eigenvalue weighted by atomic mass is 16.6. The van der Waals surface area contributed by atoms with Crippen LogP contribution in [0.4, 0.5) is 0 Å². The Bertz CT molecular complexity index is 720. The number of carbonyl (C=O) groups excluding carboxylic acids is 1. The van der Waals surface area contributed by atoms with Crippen LogP contribution in [0.5, 0.6) is 0 Å². The molecule has 3 rings (SSSR count). The van der Waals surface area contributed by atoms with Gasteiger partial charge in [0.15, 0.2) is 0 Å². The highest BCUT2D eigenvalue weighted by Gasteiger charge is 2.50. The molecule has 162 valence electrons. The third-order valence-electron chi connectivity index (χ3n) is 8.05. The zero-order chi connectivity index (χ0) is 21.4. The summed E-state index contributed by atoms with van der Waals surface area (Å²) in [4.78, 5) is 11.5. The molecule has 4 heteroatoms. The van der Waals surface area contributed by atoms with E-state index in [0.29, 0.717) is 23.8 Å². The summed E-state index contributed by atoms with van der Waals surface area (Å²) in [6, 6.07) is 0. The van der Waals surface area contributed by atoms with Crippen LogP contribution >= 0.6 is 0 Å². The fourth-order valence-electron chi connectivity index (χ4n) is 6.01. The van der Waals surface area contributed by atoms with Crippen LogP contribution in [0.15, 0.2) is 35.5 Å². The van der Waals surface area contributed by atoms with E-state index in [2.05, 4.69) is 40.3 Å². The summed E-state index contributed by atoms with van der Waals surface area (Å²) in [5.41, 5.74) is 3.27. The molecular formula is C25H38O4. The maximum Gasteiger partial charge on any atom is 0.333 e. The Morgan fingerprint density at radius 1 is 1.41 bits per heavy atom. The third-order valence-corrected chi connectivity index (χ3v) is 8.05. The molecule has 1 saturated carbocycles. The summed E-state index contributed by atoms with van der Waals surface area (Å²) in [5, 5.41) is 20.9. The predicted molar refractivity (Wildman–Crippen MR) is 115 cm³/mol. The van der Waals surface area contributed by atoms with Crippen LogP contribution in [0.25, 0.3) is 0 Å². The van der Waals surface area contributed by atoms with E-state index in [1.807, 2.05) is 0 Å². The summed E-state index contributed by atoms with van der Waals surface area (Å²) in [6.45, 7) is 13.1. The minimum atomic E-state index is -1.31. The maximum atomic E-state index is 11.5. The third kappa shape index (κ3) is 4.39. The molecule has 1 fully saturated rings. The maximum absolute atomic E-state index is 11.5. The van der Waals surface area contributed by atoms with Gasteiger partial charge in [0.2, 0.25) is 6.29 Å². The van der Waals surface area contributed by atoms with E-state index >= 15 is 0 Å². The lowest BCUT2D eigenvalue weighted by molar-refractivity contribution is -0.152. The van der Waals surface area contributed by atoms with E-state index in [4.69, 9.17) is 4.74 Å². The first-order chi connectivity index (χ1) is 13.6. The van der Waals surface area contributed by atoms with Crippen molar-refractivity contribution in [1.29, 1.82) is 0 Å². The normalized spacial score (nSPS) is 38.0. The van der Waals surface area contributed by atoms with Crippen molar-refractivity contribution in [2.75, 3.05) is 0 Å². The fraction of sp³-hybridized carbons (Fsp3) is 0.720. The molecule has 29 heavy (non-hydrogen) atoms.